The lowest BCUT2D eigenvalue weighted by Crippen LogP contribution is -2.43. The first-order valence-corrected chi connectivity index (χ1v) is 6.88. The number of benzene rings is 1. The third-order valence-corrected chi connectivity index (χ3v) is 3.51. The van der Waals surface area contributed by atoms with Crippen LogP contribution in [-0.4, -0.2) is 32.0 Å². The van der Waals surface area contributed by atoms with Crippen LogP contribution in [0.4, 0.5) is 5.69 Å². The minimum absolute atomic E-state index is 0.172. The highest BCUT2D eigenvalue weighted by Crippen LogP contribution is 2.27. The Hall–Kier alpha value is -1.06. The average Bonchev–Trinajstić information content (AvgIpc) is 2.40. The second kappa shape index (κ2) is 6.21. The van der Waals surface area contributed by atoms with Crippen molar-refractivity contribution in [2.45, 2.75) is 19.8 Å². The first-order chi connectivity index (χ1) is 8.72. The van der Waals surface area contributed by atoms with Gasteiger partial charge in [-0.3, -0.25) is 4.79 Å². The van der Waals surface area contributed by atoms with Crippen molar-refractivity contribution in [2.75, 3.05) is 31.1 Å². The van der Waals surface area contributed by atoms with Gasteiger partial charge in [-0.15, -0.1) is 0 Å². The molecule has 0 atom stereocenters. The number of anilines is 1. The van der Waals surface area contributed by atoms with Crippen molar-refractivity contribution in [2.24, 2.45) is 0 Å². The van der Waals surface area contributed by atoms with E-state index in [1.807, 2.05) is 19.1 Å². The zero-order chi connectivity index (χ0) is 13.0. The molecular formula is C14H19ClN2O. The summed E-state index contributed by atoms with van der Waals surface area (Å²) in [5, 5.41) is 3.99. The predicted octanol–water partition coefficient (Wildman–Crippen LogP) is 2.73. The number of Topliss-reactive ketones (excluding diaryl/α,β-unsaturated/α-hetero) is 1. The topological polar surface area (TPSA) is 32.3 Å². The molecule has 1 fully saturated rings. The van der Waals surface area contributed by atoms with Crippen LogP contribution < -0.4 is 10.2 Å². The number of carbonyl (C=O) groups is 1. The standard InChI is InChI=1S/C14H19ClN2O/c1-2-3-14(18)11-4-5-13(12(15)10-11)17-8-6-16-7-9-17/h4-5,10,16H,2-3,6-9H2,1H3. The van der Waals surface area contributed by atoms with Gasteiger partial charge in [-0.1, -0.05) is 18.5 Å². The number of carbonyl (C=O) groups excluding carboxylic acids is 1. The number of halogens is 1. The molecule has 1 aliphatic heterocycles. The maximum atomic E-state index is 11.8. The van der Waals surface area contributed by atoms with Gasteiger partial charge in [0.25, 0.3) is 0 Å². The second-order valence-corrected chi connectivity index (χ2v) is 4.98. The molecule has 98 valence electrons. The zero-order valence-corrected chi connectivity index (χ0v) is 11.5. The summed E-state index contributed by atoms with van der Waals surface area (Å²) < 4.78 is 0. The molecule has 3 nitrogen and oxygen atoms in total. The summed E-state index contributed by atoms with van der Waals surface area (Å²) >= 11 is 6.29. The van der Waals surface area contributed by atoms with Crippen LogP contribution in [0.5, 0.6) is 0 Å². The van der Waals surface area contributed by atoms with E-state index in [2.05, 4.69) is 10.2 Å². The monoisotopic (exact) mass is 266 g/mol. The molecule has 2 rings (SSSR count). The lowest BCUT2D eigenvalue weighted by molar-refractivity contribution is 0.0982. The molecule has 1 N–H and O–H groups in total. The number of rotatable bonds is 4. The van der Waals surface area contributed by atoms with Crippen LogP contribution >= 0.6 is 11.6 Å². The largest absolute Gasteiger partial charge is 0.368 e. The van der Waals surface area contributed by atoms with Crippen molar-refractivity contribution in [3.8, 4) is 0 Å². The van der Waals surface area contributed by atoms with E-state index in [0.717, 1.165) is 43.9 Å². The molecule has 1 aromatic carbocycles. The van der Waals surface area contributed by atoms with Gasteiger partial charge < -0.3 is 10.2 Å². The molecule has 18 heavy (non-hydrogen) atoms. The van der Waals surface area contributed by atoms with Crippen molar-refractivity contribution in [3.63, 3.8) is 0 Å². The van der Waals surface area contributed by atoms with Gasteiger partial charge in [0.15, 0.2) is 5.78 Å². The molecule has 1 heterocycles. The summed E-state index contributed by atoms with van der Waals surface area (Å²) in [4.78, 5) is 14.1. The highest BCUT2D eigenvalue weighted by atomic mass is 35.5. The molecule has 0 spiro atoms. The van der Waals surface area contributed by atoms with Gasteiger partial charge in [0, 0.05) is 38.2 Å². The van der Waals surface area contributed by atoms with E-state index in [0.29, 0.717) is 11.4 Å². The van der Waals surface area contributed by atoms with Crippen molar-refractivity contribution in [3.05, 3.63) is 28.8 Å². The Morgan fingerprint density at radius 2 is 2.11 bits per heavy atom. The molecular weight excluding hydrogens is 248 g/mol. The average molecular weight is 267 g/mol. The third-order valence-electron chi connectivity index (χ3n) is 3.20. The van der Waals surface area contributed by atoms with Crippen molar-refractivity contribution >= 4 is 23.1 Å². The maximum Gasteiger partial charge on any atom is 0.162 e. The van der Waals surface area contributed by atoms with Crippen LogP contribution in [-0.2, 0) is 0 Å². The Bertz CT molecular complexity index is 428. The smallest absolute Gasteiger partial charge is 0.162 e. The highest BCUT2D eigenvalue weighted by Gasteiger charge is 2.15. The summed E-state index contributed by atoms with van der Waals surface area (Å²) in [6, 6.07) is 5.66. The maximum absolute atomic E-state index is 11.8. The Kier molecular flexibility index (Phi) is 4.61. The number of ketones is 1. The number of hydrogen-bond donors (Lipinski definition) is 1. The van der Waals surface area contributed by atoms with Gasteiger partial charge in [-0.05, 0) is 24.6 Å². The molecule has 0 unspecified atom stereocenters. The van der Waals surface area contributed by atoms with E-state index in [4.69, 9.17) is 11.6 Å². The summed E-state index contributed by atoms with van der Waals surface area (Å²) in [7, 11) is 0. The lowest BCUT2D eigenvalue weighted by Gasteiger charge is -2.30. The molecule has 0 amide bonds. The number of hydrogen-bond acceptors (Lipinski definition) is 3. The minimum Gasteiger partial charge on any atom is -0.368 e. The normalized spacial score (nSPS) is 15.8. The molecule has 0 saturated carbocycles. The number of piperazine rings is 1. The second-order valence-electron chi connectivity index (χ2n) is 4.58. The van der Waals surface area contributed by atoms with Gasteiger partial charge in [-0.25, -0.2) is 0 Å². The van der Waals surface area contributed by atoms with Crippen LogP contribution in [0, 0.1) is 0 Å². The van der Waals surface area contributed by atoms with Crippen LogP contribution in [0.2, 0.25) is 5.02 Å². The van der Waals surface area contributed by atoms with E-state index in [-0.39, 0.29) is 5.78 Å². The molecule has 1 saturated heterocycles. The molecule has 0 aliphatic carbocycles. The summed E-state index contributed by atoms with van der Waals surface area (Å²) in [6.45, 7) is 5.89. The van der Waals surface area contributed by atoms with E-state index in [9.17, 15) is 4.79 Å². The van der Waals surface area contributed by atoms with Crippen LogP contribution in [0.1, 0.15) is 30.1 Å². The Morgan fingerprint density at radius 1 is 1.39 bits per heavy atom. The van der Waals surface area contributed by atoms with Gasteiger partial charge in [0.2, 0.25) is 0 Å². The first kappa shape index (κ1) is 13.4. The van der Waals surface area contributed by atoms with E-state index in [1.54, 1.807) is 6.07 Å². The Morgan fingerprint density at radius 3 is 2.72 bits per heavy atom. The van der Waals surface area contributed by atoms with Crippen molar-refractivity contribution in [1.82, 2.24) is 5.32 Å². The molecule has 0 aromatic heterocycles. The molecule has 0 radical (unpaired) electrons. The summed E-state index contributed by atoms with van der Waals surface area (Å²) in [5.41, 5.74) is 1.76. The first-order valence-electron chi connectivity index (χ1n) is 6.50. The quantitative estimate of drug-likeness (QED) is 0.851. The number of nitrogens with zero attached hydrogens (tertiary/aromatic N) is 1. The summed E-state index contributed by atoms with van der Waals surface area (Å²) in [5.74, 6) is 0.172. The third kappa shape index (κ3) is 3.03. The van der Waals surface area contributed by atoms with Crippen LogP contribution in [0.25, 0.3) is 0 Å². The van der Waals surface area contributed by atoms with Gasteiger partial charge >= 0.3 is 0 Å². The fourth-order valence-electron chi connectivity index (χ4n) is 2.21. The molecule has 0 bridgehead atoms. The van der Waals surface area contributed by atoms with Crippen LogP contribution in [0.15, 0.2) is 18.2 Å². The molecule has 4 heteroatoms. The van der Waals surface area contributed by atoms with E-state index >= 15 is 0 Å². The van der Waals surface area contributed by atoms with Gasteiger partial charge in [0.1, 0.15) is 0 Å². The lowest BCUT2D eigenvalue weighted by atomic mass is 10.1. The van der Waals surface area contributed by atoms with Crippen LogP contribution in [0.3, 0.4) is 0 Å². The SMILES string of the molecule is CCCC(=O)c1ccc(N2CCNCC2)c(Cl)c1. The fourth-order valence-corrected chi connectivity index (χ4v) is 2.51. The predicted molar refractivity (Wildman–Crippen MR) is 75.8 cm³/mol. The minimum atomic E-state index is 0.172. The summed E-state index contributed by atoms with van der Waals surface area (Å²) in [6.07, 6.45) is 1.46. The van der Waals surface area contributed by atoms with Crippen molar-refractivity contribution in [1.29, 1.82) is 0 Å². The molecule has 1 aliphatic rings. The van der Waals surface area contributed by atoms with Gasteiger partial charge in [0.05, 0.1) is 10.7 Å². The highest BCUT2D eigenvalue weighted by molar-refractivity contribution is 6.33. The Labute approximate surface area is 113 Å². The van der Waals surface area contributed by atoms with E-state index < -0.39 is 0 Å². The van der Waals surface area contributed by atoms with E-state index in [1.165, 1.54) is 0 Å². The fraction of sp³-hybridized carbons (Fsp3) is 0.500. The van der Waals surface area contributed by atoms with Gasteiger partial charge in [-0.2, -0.15) is 0 Å². The van der Waals surface area contributed by atoms with Crippen molar-refractivity contribution < 1.29 is 4.79 Å². The molecule has 1 aromatic rings. The Balaban J connectivity index is 2.16. The number of nitrogens with one attached hydrogen (secondary N) is 1. The zero-order valence-electron chi connectivity index (χ0n) is 10.7.